The number of hydrogen-bond acceptors (Lipinski definition) is 4. The van der Waals surface area contributed by atoms with E-state index in [-0.39, 0.29) is 12.6 Å². The van der Waals surface area contributed by atoms with Crippen LogP contribution in [0.4, 0.5) is 10.5 Å². The summed E-state index contributed by atoms with van der Waals surface area (Å²) in [4.78, 5) is 13.6. The highest BCUT2D eigenvalue weighted by Crippen LogP contribution is 2.14. The highest BCUT2D eigenvalue weighted by molar-refractivity contribution is 5.89. The monoisotopic (exact) mass is 323 g/mol. The predicted octanol–water partition coefficient (Wildman–Crippen LogP) is 2.12. The Balaban J connectivity index is 1.62. The van der Waals surface area contributed by atoms with Crippen molar-refractivity contribution in [2.24, 2.45) is 0 Å². The van der Waals surface area contributed by atoms with E-state index in [9.17, 15) is 9.90 Å². The van der Waals surface area contributed by atoms with Gasteiger partial charge in [-0.15, -0.1) is 0 Å². The Hall–Kier alpha value is -3.19. The summed E-state index contributed by atoms with van der Waals surface area (Å²) < 4.78 is 0. The molecule has 3 rings (SSSR count). The van der Waals surface area contributed by atoms with Crippen molar-refractivity contribution in [2.75, 3.05) is 11.9 Å². The number of amides is 2. The van der Waals surface area contributed by atoms with Crippen LogP contribution in [0.25, 0.3) is 5.69 Å². The number of aliphatic hydroxyl groups excluding tert-OH is 1. The maximum Gasteiger partial charge on any atom is 0.319 e. The SMILES string of the molecule is O=C(Nc1ccc(-n2nccn2)cc1)N[C@H](CO)c1ccccc1. The number of benzene rings is 2. The smallest absolute Gasteiger partial charge is 0.319 e. The van der Waals surface area contributed by atoms with Crippen molar-refractivity contribution < 1.29 is 9.90 Å². The van der Waals surface area contributed by atoms with Gasteiger partial charge >= 0.3 is 6.03 Å². The van der Waals surface area contributed by atoms with E-state index in [1.165, 1.54) is 4.80 Å². The third-order valence-electron chi connectivity index (χ3n) is 3.46. The number of nitrogens with one attached hydrogen (secondary N) is 2. The van der Waals surface area contributed by atoms with Gasteiger partial charge in [0.1, 0.15) is 0 Å². The fourth-order valence-electron chi connectivity index (χ4n) is 2.27. The van der Waals surface area contributed by atoms with E-state index in [2.05, 4.69) is 20.8 Å². The lowest BCUT2D eigenvalue weighted by molar-refractivity contribution is 0.225. The summed E-state index contributed by atoms with van der Waals surface area (Å²) in [7, 11) is 0. The average Bonchev–Trinajstić information content (AvgIpc) is 3.16. The summed E-state index contributed by atoms with van der Waals surface area (Å²) in [5.41, 5.74) is 2.27. The van der Waals surface area contributed by atoms with Gasteiger partial charge in [-0.1, -0.05) is 30.3 Å². The summed E-state index contributed by atoms with van der Waals surface area (Å²) >= 11 is 0. The zero-order valence-electron chi connectivity index (χ0n) is 12.8. The average molecular weight is 323 g/mol. The van der Waals surface area contributed by atoms with Crippen LogP contribution in [-0.4, -0.2) is 32.7 Å². The topological polar surface area (TPSA) is 92.1 Å². The van der Waals surface area contributed by atoms with Gasteiger partial charge in [-0.05, 0) is 29.8 Å². The summed E-state index contributed by atoms with van der Waals surface area (Å²) in [6.45, 7) is -0.179. The molecule has 1 atom stereocenters. The molecule has 0 bridgehead atoms. The number of hydrogen-bond donors (Lipinski definition) is 3. The number of carbonyl (C=O) groups excluding carboxylic acids is 1. The van der Waals surface area contributed by atoms with E-state index >= 15 is 0 Å². The molecule has 1 heterocycles. The lowest BCUT2D eigenvalue weighted by Gasteiger charge is -2.17. The number of nitrogens with zero attached hydrogens (tertiary/aromatic N) is 3. The van der Waals surface area contributed by atoms with Gasteiger partial charge in [0, 0.05) is 5.69 Å². The molecule has 0 aliphatic rings. The lowest BCUT2D eigenvalue weighted by Crippen LogP contribution is -2.34. The van der Waals surface area contributed by atoms with Gasteiger partial charge in [0.2, 0.25) is 0 Å². The molecule has 0 saturated carbocycles. The number of rotatable bonds is 5. The third-order valence-corrected chi connectivity index (χ3v) is 3.46. The Morgan fingerprint density at radius 1 is 1.04 bits per heavy atom. The molecule has 3 aromatic rings. The molecule has 2 amide bonds. The molecular formula is C17H17N5O2. The van der Waals surface area contributed by atoms with Crippen LogP contribution >= 0.6 is 0 Å². The van der Waals surface area contributed by atoms with Crippen molar-refractivity contribution >= 4 is 11.7 Å². The highest BCUT2D eigenvalue weighted by Gasteiger charge is 2.13. The number of aromatic nitrogens is 3. The lowest BCUT2D eigenvalue weighted by atomic mass is 10.1. The molecule has 7 nitrogen and oxygen atoms in total. The molecule has 0 radical (unpaired) electrons. The molecule has 0 saturated heterocycles. The van der Waals surface area contributed by atoms with E-state index in [1.807, 2.05) is 30.3 Å². The number of carbonyl (C=O) groups is 1. The fraction of sp³-hybridized carbons (Fsp3) is 0.118. The largest absolute Gasteiger partial charge is 0.394 e. The van der Waals surface area contributed by atoms with Gasteiger partial charge < -0.3 is 15.7 Å². The van der Waals surface area contributed by atoms with Crippen LogP contribution in [0, 0.1) is 0 Å². The maximum atomic E-state index is 12.1. The van der Waals surface area contributed by atoms with E-state index in [0.29, 0.717) is 5.69 Å². The minimum atomic E-state index is -0.459. The van der Waals surface area contributed by atoms with Crippen LogP contribution in [0.5, 0.6) is 0 Å². The number of urea groups is 1. The zero-order chi connectivity index (χ0) is 16.8. The van der Waals surface area contributed by atoms with E-state index in [4.69, 9.17) is 0 Å². The Morgan fingerprint density at radius 3 is 2.33 bits per heavy atom. The van der Waals surface area contributed by atoms with Crippen LogP contribution < -0.4 is 10.6 Å². The maximum absolute atomic E-state index is 12.1. The first-order valence-electron chi connectivity index (χ1n) is 7.46. The molecule has 1 aromatic heterocycles. The summed E-state index contributed by atoms with van der Waals surface area (Å²) in [5.74, 6) is 0. The summed E-state index contributed by atoms with van der Waals surface area (Å²) in [6, 6.07) is 15.6. The molecule has 3 N–H and O–H groups in total. The van der Waals surface area contributed by atoms with Gasteiger partial charge in [-0.3, -0.25) is 0 Å². The zero-order valence-corrected chi connectivity index (χ0v) is 12.8. The molecule has 2 aromatic carbocycles. The second-order valence-electron chi connectivity index (χ2n) is 5.11. The van der Waals surface area contributed by atoms with Crippen LogP contribution in [0.1, 0.15) is 11.6 Å². The number of aliphatic hydroxyl groups is 1. The molecule has 0 aliphatic heterocycles. The first-order valence-corrected chi connectivity index (χ1v) is 7.46. The Labute approximate surface area is 138 Å². The quantitative estimate of drug-likeness (QED) is 0.670. The van der Waals surface area contributed by atoms with Crippen molar-refractivity contribution in [3.05, 3.63) is 72.6 Å². The molecular weight excluding hydrogens is 306 g/mol. The normalized spacial score (nSPS) is 11.7. The van der Waals surface area contributed by atoms with Gasteiger partial charge in [0.15, 0.2) is 0 Å². The van der Waals surface area contributed by atoms with E-state index in [1.54, 1.807) is 36.7 Å². The van der Waals surface area contributed by atoms with Crippen molar-refractivity contribution in [2.45, 2.75) is 6.04 Å². The Kier molecular flexibility index (Phi) is 4.83. The van der Waals surface area contributed by atoms with Crippen LogP contribution in [-0.2, 0) is 0 Å². The van der Waals surface area contributed by atoms with Gasteiger partial charge in [0.25, 0.3) is 0 Å². The molecule has 0 fully saturated rings. The standard InChI is InChI=1S/C17H17N5O2/c23-12-16(13-4-2-1-3-5-13)21-17(24)20-14-6-8-15(9-7-14)22-18-10-11-19-22/h1-11,16,23H,12H2,(H2,20,21,24)/t16-/m1/s1. The van der Waals surface area contributed by atoms with E-state index in [0.717, 1.165) is 11.3 Å². The van der Waals surface area contributed by atoms with Crippen LogP contribution in [0.15, 0.2) is 67.0 Å². The third kappa shape index (κ3) is 3.76. The first kappa shape index (κ1) is 15.7. The van der Waals surface area contributed by atoms with Crippen molar-refractivity contribution in [3.63, 3.8) is 0 Å². The molecule has 0 unspecified atom stereocenters. The summed E-state index contributed by atoms with van der Waals surface area (Å²) in [5, 5.41) is 23.0. The van der Waals surface area contributed by atoms with Crippen molar-refractivity contribution in [3.8, 4) is 5.69 Å². The molecule has 24 heavy (non-hydrogen) atoms. The highest BCUT2D eigenvalue weighted by atomic mass is 16.3. The predicted molar refractivity (Wildman–Crippen MR) is 89.8 cm³/mol. The second-order valence-corrected chi connectivity index (χ2v) is 5.11. The summed E-state index contributed by atoms with van der Waals surface area (Å²) in [6.07, 6.45) is 3.19. The van der Waals surface area contributed by atoms with Gasteiger partial charge in [0.05, 0.1) is 30.7 Å². The molecule has 7 heteroatoms. The van der Waals surface area contributed by atoms with Crippen LogP contribution in [0.3, 0.4) is 0 Å². The molecule has 122 valence electrons. The van der Waals surface area contributed by atoms with Gasteiger partial charge in [-0.25, -0.2) is 4.79 Å². The van der Waals surface area contributed by atoms with Crippen molar-refractivity contribution in [1.29, 1.82) is 0 Å². The van der Waals surface area contributed by atoms with Crippen molar-refractivity contribution in [1.82, 2.24) is 20.3 Å². The van der Waals surface area contributed by atoms with E-state index < -0.39 is 6.04 Å². The van der Waals surface area contributed by atoms with Crippen LogP contribution in [0.2, 0.25) is 0 Å². The first-order chi connectivity index (χ1) is 11.8. The Bertz CT molecular complexity index is 773. The molecule has 0 spiro atoms. The Morgan fingerprint density at radius 2 is 1.71 bits per heavy atom. The van der Waals surface area contributed by atoms with Gasteiger partial charge in [-0.2, -0.15) is 15.0 Å². The fourth-order valence-corrected chi connectivity index (χ4v) is 2.27. The minimum Gasteiger partial charge on any atom is -0.394 e. The molecule has 0 aliphatic carbocycles. The number of anilines is 1. The second kappa shape index (κ2) is 7.38. The minimum absolute atomic E-state index is 0.179.